The second-order valence-electron chi connectivity index (χ2n) is 5.60. The smallest absolute Gasteiger partial charge is 0.237 e. The van der Waals surface area contributed by atoms with E-state index in [1.54, 1.807) is 0 Å². The summed E-state index contributed by atoms with van der Waals surface area (Å²) in [5, 5.41) is 0. The first-order valence-electron chi connectivity index (χ1n) is 7.37. The van der Waals surface area contributed by atoms with Crippen molar-refractivity contribution >= 4 is 5.69 Å². The lowest BCUT2D eigenvalue weighted by Gasteiger charge is -2.17. The summed E-state index contributed by atoms with van der Waals surface area (Å²) in [6.07, 6.45) is 1.19. The second kappa shape index (κ2) is 6.14. The number of aryl methyl sites for hydroxylation is 1. The summed E-state index contributed by atoms with van der Waals surface area (Å²) in [6.45, 7) is 4.88. The number of rotatable bonds is 4. The number of nitrogens with zero attached hydrogens (tertiary/aromatic N) is 2. The number of benzene rings is 1. The number of ether oxygens (including phenoxy) is 1. The van der Waals surface area contributed by atoms with Gasteiger partial charge in [0.2, 0.25) is 5.88 Å². The summed E-state index contributed by atoms with van der Waals surface area (Å²) in [4.78, 5) is 6.79. The predicted molar refractivity (Wildman–Crippen MR) is 84.1 cm³/mol. The molecule has 3 rings (SSSR count). The highest BCUT2D eigenvalue weighted by Crippen LogP contribution is 2.23. The molecule has 0 aliphatic carbocycles. The van der Waals surface area contributed by atoms with Crippen molar-refractivity contribution in [3.8, 4) is 5.88 Å². The zero-order valence-electron chi connectivity index (χ0n) is 12.3. The van der Waals surface area contributed by atoms with E-state index in [0.29, 0.717) is 11.6 Å². The molecule has 1 aromatic heterocycles. The van der Waals surface area contributed by atoms with Crippen LogP contribution in [-0.4, -0.2) is 29.1 Å². The molecule has 1 aromatic carbocycles. The first-order chi connectivity index (χ1) is 10.2. The van der Waals surface area contributed by atoms with Gasteiger partial charge in [-0.3, -0.25) is 4.90 Å². The fourth-order valence-electron chi connectivity index (χ4n) is 2.67. The summed E-state index contributed by atoms with van der Waals surface area (Å²) in [7, 11) is 0. The zero-order chi connectivity index (χ0) is 14.7. The summed E-state index contributed by atoms with van der Waals surface area (Å²) in [5.74, 6) is 0.571. The van der Waals surface area contributed by atoms with Gasteiger partial charge in [0.1, 0.15) is 6.10 Å². The van der Waals surface area contributed by atoms with Crippen molar-refractivity contribution in [1.29, 1.82) is 0 Å². The van der Waals surface area contributed by atoms with Crippen LogP contribution in [0.4, 0.5) is 5.69 Å². The molecule has 1 atom stereocenters. The van der Waals surface area contributed by atoms with Crippen molar-refractivity contribution in [2.45, 2.75) is 26.0 Å². The number of likely N-dealkylation sites (tertiary alicyclic amines) is 1. The highest BCUT2D eigenvalue weighted by Gasteiger charge is 2.24. The van der Waals surface area contributed by atoms with Gasteiger partial charge in [0.05, 0.1) is 5.69 Å². The van der Waals surface area contributed by atoms with E-state index in [1.807, 2.05) is 25.1 Å². The lowest BCUT2D eigenvalue weighted by Crippen LogP contribution is -2.25. The zero-order valence-corrected chi connectivity index (χ0v) is 12.3. The molecule has 4 heteroatoms. The third kappa shape index (κ3) is 3.52. The molecule has 110 valence electrons. The van der Waals surface area contributed by atoms with Crippen molar-refractivity contribution in [2.24, 2.45) is 0 Å². The molecular weight excluding hydrogens is 262 g/mol. The Morgan fingerprint density at radius 3 is 2.86 bits per heavy atom. The van der Waals surface area contributed by atoms with Gasteiger partial charge in [-0.2, -0.15) is 0 Å². The molecule has 0 spiro atoms. The normalized spacial score (nSPS) is 18.8. The van der Waals surface area contributed by atoms with Crippen molar-refractivity contribution in [3.05, 3.63) is 53.7 Å². The van der Waals surface area contributed by atoms with Gasteiger partial charge in [0.15, 0.2) is 0 Å². The lowest BCUT2D eigenvalue weighted by molar-refractivity contribution is 0.192. The van der Waals surface area contributed by atoms with Gasteiger partial charge < -0.3 is 10.5 Å². The molecule has 0 amide bonds. The Morgan fingerprint density at radius 1 is 1.24 bits per heavy atom. The molecule has 0 saturated carbocycles. The maximum absolute atomic E-state index is 5.98. The second-order valence-corrected chi connectivity index (χ2v) is 5.60. The Kier molecular flexibility index (Phi) is 4.06. The van der Waals surface area contributed by atoms with Gasteiger partial charge >= 0.3 is 0 Å². The van der Waals surface area contributed by atoms with Gasteiger partial charge in [-0.25, -0.2) is 4.98 Å². The molecule has 0 bridgehead atoms. The molecule has 21 heavy (non-hydrogen) atoms. The monoisotopic (exact) mass is 283 g/mol. The van der Waals surface area contributed by atoms with Gasteiger partial charge in [0.25, 0.3) is 0 Å². The maximum Gasteiger partial charge on any atom is 0.237 e. The van der Waals surface area contributed by atoms with E-state index in [9.17, 15) is 0 Å². The molecule has 0 radical (unpaired) electrons. The van der Waals surface area contributed by atoms with Crippen LogP contribution in [0.5, 0.6) is 5.88 Å². The van der Waals surface area contributed by atoms with Crippen LogP contribution in [-0.2, 0) is 6.54 Å². The molecule has 1 aliphatic rings. The fourth-order valence-corrected chi connectivity index (χ4v) is 2.67. The van der Waals surface area contributed by atoms with Crippen molar-refractivity contribution in [1.82, 2.24) is 9.88 Å². The van der Waals surface area contributed by atoms with Crippen LogP contribution in [0, 0.1) is 6.92 Å². The average molecular weight is 283 g/mol. The van der Waals surface area contributed by atoms with E-state index < -0.39 is 0 Å². The number of nitrogens with two attached hydrogens (primary N) is 1. The van der Waals surface area contributed by atoms with Crippen molar-refractivity contribution < 1.29 is 4.74 Å². The van der Waals surface area contributed by atoms with Crippen molar-refractivity contribution in [3.63, 3.8) is 0 Å². The topological polar surface area (TPSA) is 51.4 Å². The van der Waals surface area contributed by atoms with Crippen molar-refractivity contribution in [2.75, 3.05) is 18.8 Å². The minimum Gasteiger partial charge on any atom is -0.471 e. The molecule has 1 fully saturated rings. The molecular formula is C17H21N3O. The Morgan fingerprint density at radius 2 is 2.05 bits per heavy atom. The molecule has 1 aliphatic heterocycles. The maximum atomic E-state index is 5.98. The Balaban J connectivity index is 1.58. The average Bonchev–Trinajstić information content (AvgIpc) is 2.91. The van der Waals surface area contributed by atoms with E-state index in [1.165, 1.54) is 5.56 Å². The lowest BCUT2D eigenvalue weighted by atomic mass is 10.2. The Bertz CT molecular complexity index is 600. The van der Waals surface area contributed by atoms with Crippen LogP contribution in [0.2, 0.25) is 0 Å². The fraction of sp³-hybridized carbons (Fsp3) is 0.353. The standard InChI is InChI=1S/C17H21N3O/c1-13-7-8-16(18)17(19-13)21-15-9-10-20(12-15)11-14-5-3-2-4-6-14/h2-8,15H,9-12,18H2,1H3. The Hall–Kier alpha value is -2.07. The number of aromatic nitrogens is 1. The molecule has 1 saturated heterocycles. The SMILES string of the molecule is Cc1ccc(N)c(OC2CCN(Cc3ccccc3)C2)n1. The third-order valence-corrected chi connectivity index (χ3v) is 3.79. The minimum atomic E-state index is 0.172. The quantitative estimate of drug-likeness (QED) is 0.937. The van der Waals surface area contributed by atoms with Gasteiger partial charge in [-0.1, -0.05) is 30.3 Å². The number of pyridine rings is 1. The third-order valence-electron chi connectivity index (χ3n) is 3.79. The van der Waals surface area contributed by atoms with Crippen LogP contribution in [0.15, 0.2) is 42.5 Å². The van der Waals surface area contributed by atoms with Crippen LogP contribution in [0.3, 0.4) is 0 Å². The number of anilines is 1. The van der Waals surface area contributed by atoms with Gasteiger partial charge in [-0.15, -0.1) is 0 Å². The summed E-state index contributed by atoms with van der Waals surface area (Å²) >= 11 is 0. The van der Waals surface area contributed by atoms with Crippen LogP contribution >= 0.6 is 0 Å². The van der Waals surface area contributed by atoms with E-state index >= 15 is 0 Å². The highest BCUT2D eigenvalue weighted by molar-refractivity contribution is 5.48. The minimum absolute atomic E-state index is 0.172. The summed E-state index contributed by atoms with van der Waals surface area (Å²) in [5.41, 5.74) is 8.81. The number of hydrogen-bond donors (Lipinski definition) is 1. The first-order valence-corrected chi connectivity index (χ1v) is 7.37. The summed E-state index contributed by atoms with van der Waals surface area (Å²) < 4.78 is 5.98. The molecule has 4 nitrogen and oxygen atoms in total. The molecule has 1 unspecified atom stereocenters. The largest absolute Gasteiger partial charge is 0.471 e. The number of nitrogen functional groups attached to an aromatic ring is 1. The first kappa shape index (κ1) is 13.9. The predicted octanol–water partition coefficient (Wildman–Crippen LogP) is 2.63. The van der Waals surface area contributed by atoms with E-state index in [4.69, 9.17) is 10.5 Å². The Labute approximate surface area is 125 Å². The highest BCUT2D eigenvalue weighted by atomic mass is 16.5. The van der Waals surface area contributed by atoms with Crippen LogP contribution in [0.1, 0.15) is 17.7 Å². The van der Waals surface area contributed by atoms with Crippen LogP contribution < -0.4 is 10.5 Å². The number of hydrogen-bond acceptors (Lipinski definition) is 4. The van der Waals surface area contributed by atoms with E-state index in [0.717, 1.165) is 31.7 Å². The summed E-state index contributed by atoms with van der Waals surface area (Å²) in [6, 6.07) is 14.3. The van der Waals surface area contributed by atoms with Gasteiger partial charge in [0, 0.05) is 25.3 Å². The molecule has 2 heterocycles. The van der Waals surface area contributed by atoms with E-state index in [-0.39, 0.29) is 6.10 Å². The van der Waals surface area contributed by atoms with E-state index in [2.05, 4.69) is 34.1 Å². The molecule has 2 aromatic rings. The van der Waals surface area contributed by atoms with Crippen LogP contribution in [0.25, 0.3) is 0 Å². The van der Waals surface area contributed by atoms with Gasteiger partial charge in [-0.05, 0) is 31.0 Å². The molecule has 2 N–H and O–H groups in total.